The molecule has 0 radical (unpaired) electrons. The van der Waals surface area contributed by atoms with Crippen molar-refractivity contribution in [3.8, 4) is 0 Å². The second kappa shape index (κ2) is 7.97. The number of hydrogen-bond acceptors (Lipinski definition) is 6. The van der Waals surface area contributed by atoms with E-state index < -0.39 is 26.0 Å². The Balaban J connectivity index is 1.71. The third-order valence-corrected chi connectivity index (χ3v) is 7.01. The highest BCUT2D eigenvalue weighted by atomic mass is 32.2. The van der Waals surface area contributed by atoms with Crippen LogP contribution in [0.25, 0.3) is 0 Å². The van der Waals surface area contributed by atoms with Crippen LogP contribution in [0.2, 0.25) is 0 Å². The number of nitrogens with one attached hydrogen (secondary N) is 1. The summed E-state index contributed by atoms with van der Waals surface area (Å²) in [5.41, 5.74) is 0.638. The lowest BCUT2D eigenvalue weighted by atomic mass is 10.2. The van der Waals surface area contributed by atoms with Crippen LogP contribution in [0.5, 0.6) is 0 Å². The van der Waals surface area contributed by atoms with Gasteiger partial charge in [0.2, 0.25) is 20.0 Å². The van der Waals surface area contributed by atoms with Crippen LogP contribution in [-0.2, 0) is 24.8 Å². The van der Waals surface area contributed by atoms with Gasteiger partial charge in [0, 0.05) is 24.3 Å². The van der Waals surface area contributed by atoms with Gasteiger partial charge in [0.1, 0.15) is 0 Å². The van der Waals surface area contributed by atoms with Crippen LogP contribution in [0.1, 0.15) is 10.4 Å². The van der Waals surface area contributed by atoms with Gasteiger partial charge in [-0.15, -0.1) is 0 Å². The number of ether oxygens (including phenoxy) is 1. The number of benzene rings is 2. The summed E-state index contributed by atoms with van der Waals surface area (Å²) in [5, 5.41) is 7.64. The van der Waals surface area contributed by atoms with Crippen molar-refractivity contribution in [1.29, 1.82) is 0 Å². The molecule has 3 N–H and O–H groups in total. The van der Waals surface area contributed by atoms with Gasteiger partial charge >= 0.3 is 0 Å². The topological polar surface area (TPSA) is 136 Å². The van der Waals surface area contributed by atoms with Gasteiger partial charge in [-0.1, -0.05) is 0 Å². The molecule has 2 aromatic rings. The van der Waals surface area contributed by atoms with Gasteiger partial charge in [-0.2, -0.15) is 4.31 Å². The Bertz CT molecular complexity index is 1060. The van der Waals surface area contributed by atoms with E-state index in [1.54, 1.807) is 0 Å². The summed E-state index contributed by atoms with van der Waals surface area (Å²) in [4.78, 5) is 12.4. The minimum absolute atomic E-state index is 0.0665. The maximum absolute atomic E-state index is 12.6. The fraction of sp³-hybridized carbons (Fsp3) is 0.235. The molecule has 0 atom stereocenters. The van der Waals surface area contributed by atoms with Crippen LogP contribution < -0.4 is 10.5 Å². The molecule has 11 heteroatoms. The quantitative estimate of drug-likeness (QED) is 0.720. The van der Waals surface area contributed by atoms with Crippen LogP contribution in [0.4, 0.5) is 5.69 Å². The highest BCUT2D eigenvalue weighted by molar-refractivity contribution is 7.89. The van der Waals surface area contributed by atoms with E-state index in [0.29, 0.717) is 32.0 Å². The second-order valence-corrected chi connectivity index (χ2v) is 9.56. The summed E-state index contributed by atoms with van der Waals surface area (Å²) in [6, 6.07) is 11.0. The van der Waals surface area contributed by atoms with E-state index in [0.717, 1.165) is 0 Å². The van der Waals surface area contributed by atoms with E-state index in [1.165, 1.54) is 52.8 Å². The molecular formula is C17H19N3O6S2. The molecule has 1 aliphatic heterocycles. The Morgan fingerprint density at radius 3 is 1.96 bits per heavy atom. The standard InChI is InChI=1S/C17H19N3O6S2/c18-27(22,23)15-7-3-14(4-8-15)19-17(21)13-1-5-16(6-2-13)28(24,25)20-9-11-26-12-10-20/h1-8H,9-12H2,(H,19,21)(H2,18,22,23). The van der Waals surface area contributed by atoms with E-state index in [-0.39, 0.29) is 15.4 Å². The number of nitrogens with zero attached hydrogens (tertiary/aromatic N) is 1. The Morgan fingerprint density at radius 2 is 1.43 bits per heavy atom. The highest BCUT2D eigenvalue weighted by Crippen LogP contribution is 2.19. The average Bonchev–Trinajstić information content (AvgIpc) is 2.68. The zero-order valence-corrected chi connectivity index (χ0v) is 16.4. The van der Waals surface area contributed by atoms with Crippen molar-refractivity contribution in [2.75, 3.05) is 31.6 Å². The molecule has 2 aromatic carbocycles. The molecule has 28 heavy (non-hydrogen) atoms. The number of anilines is 1. The summed E-state index contributed by atoms with van der Waals surface area (Å²) >= 11 is 0. The summed E-state index contributed by atoms with van der Waals surface area (Å²) < 4.78 is 54.2. The Kier molecular flexibility index (Phi) is 5.82. The van der Waals surface area contributed by atoms with E-state index in [2.05, 4.69) is 5.32 Å². The molecule has 1 amide bonds. The van der Waals surface area contributed by atoms with Crippen molar-refractivity contribution >= 4 is 31.6 Å². The van der Waals surface area contributed by atoms with Crippen molar-refractivity contribution < 1.29 is 26.4 Å². The number of nitrogens with two attached hydrogens (primary N) is 1. The van der Waals surface area contributed by atoms with Gasteiger partial charge in [-0.05, 0) is 48.5 Å². The number of carbonyl (C=O) groups excluding carboxylic acids is 1. The van der Waals surface area contributed by atoms with Crippen molar-refractivity contribution in [2.45, 2.75) is 9.79 Å². The maximum Gasteiger partial charge on any atom is 0.255 e. The van der Waals surface area contributed by atoms with Gasteiger partial charge in [-0.25, -0.2) is 22.0 Å². The van der Waals surface area contributed by atoms with Crippen LogP contribution in [-0.4, -0.2) is 53.4 Å². The summed E-state index contributed by atoms with van der Waals surface area (Å²) in [5.74, 6) is -0.460. The number of primary sulfonamides is 1. The van der Waals surface area contributed by atoms with E-state index in [1.807, 2.05) is 0 Å². The molecule has 0 aliphatic carbocycles. The van der Waals surface area contributed by atoms with E-state index >= 15 is 0 Å². The number of sulfonamides is 2. The van der Waals surface area contributed by atoms with Crippen LogP contribution in [0.15, 0.2) is 58.3 Å². The largest absolute Gasteiger partial charge is 0.379 e. The van der Waals surface area contributed by atoms with Crippen molar-refractivity contribution in [2.24, 2.45) is 5.14 Å². The molecule has 1 saturated heterocycles. The zero-order chi connectivity index (χ0) is 20.4. The van der Waals surface area contributed by atoms with Gasteiger partial charge in [0.05, 0.1) is 23.0 Å². The van der Waals surface area contributed by atoms with Crippen molar-refractivity contribution in [1.82, 2.24) is 4.31 Å². The molecule has 0 bridgehead atoms. The fourth-order valence-corrected chi connectivity index (χ4v) is 4.57. The van der Waals surface area contributed by atoms with Gasteiger partial charge in [0.15, 0.2) is 0 Å². The highest BCUT2D eigenvalue weighted by Gasteiger charge is 2.26. The first-order valence-electron chi connectivity index (χ1n) is 8.30. The third-order valence-electron chi connectivity index (χ3n) is 4.17. The molecule has 1 aliphatic rings. The second-order valence-electron chi connectivity index (χ2n) is 6.06. The summed E-state index contributed by atoms with van der Waals surface area (Å²) in [7, 11) is -7.44. The van der Waals surface area contributed by atoms with E-state index in [4.69, 9.17) is 9.88 Å². The molecule has 3 rings (SSSR count). The Morgan fingerprint density at radius 1 is 0.893 bits per heavy atom. The first-order valence-corrected chi connectivity index (χ1v) is 11.3. The minimum Gasteiger partial charge on any atom is -0.379 e. The molecule has 0 saturated carbocycles. The predicted molar refractivity (Wildman–Crippen MR) is 102 cm³/mol. The summed E-state index contributed by atoms with van der Waals surface area (Å²) in [6.07, 6.45) is 0. The third kappa shape index (κ3) is 4.56. The monoisotopic (exact) mass is 425 g/mol. The molecule has 1 heterocycles. The first kappa shape index (κ1) is 20.4. The van der Waals surface area contributed by atoms with E-state index in [9.17, 15) is 21.6 Å². The fourth-order valence-electron chi connectivity index (χ4n) is 2.65. The van der Waals surface area contributed by atoms with Crippen LogP contribution in [0.3, 0.4) is 0 Å². The Hall–Kier alpha value is -2.31. The number of hydrogen-bond donors (Lipinski definition) is 2. The average molecular weight is 425 g/mol. The lowest BCUT2D eigenvalue weighted by Gasteiger charge is -2.26. The van der Waals surface area contributed by atoms with Crippen molar-refractivity contribution in [3.05, 3.63) is 54.1 Å². The molecule has 150 valence electrons. The van der Waals surface area contributed by atoms with Crippen LogP contribution >= 0.6 is 0 Å². The maximum atomic E-state index is 12.6. The molecule has 0 unspecified atom stereocenters. The molecule has 1 fully saturated rings. The number of amides is 1. The zero-order valence-electron chi connectivity index (χ0n) is 14.7. The molecule has 0 aromatic heterocycles. The molecular weight excluding hydrogens is 406 g/mol. The van der Waals surface area contributed by atoms with Crippen molar-refractivity contribution in [3.63, 3.8) is 0 Å². The predicted octanol–water partition coefficient (Wildman–Crippen LogP) is 0.607. The van der Waals surface area contributed by atoms with Gasteiger partial charge < -0.3 is 10.1 Å². The lowest BCUT2D eigenvalue weighted by Crippen LogP contribution is -2.40. The SMILES string of the molecule is NS(=O)(=O)c1ccc(NC(=O)c2ccc(S(=O)(=O)N3CCOCC3)cc2)cc1. The number of morpholine rings is 1. The number of carbonyl (C=O) groups is 1. The van der Waals surface area contributed by atoms with Gasteiger partial charge in [-0.3, -0.25) is 4.79 Å². The first-order chi connectivity index (χ1) is 13.2. The minimum atomic E-state index is -3.81. The molecule has 0 spiro atoms. The number of rotatable bonds is 5. The molecule has 9 nitrogen and oxygen atoms in total. The Labute approximate surface area is 163 Å². The normalized spacial score (nSPS) is 15.9. The smallest absolute Gasteiger partial charge is 0.255 e. The van der Waals surface area contributed by atoms with Crippen LogP contribution in [0, 0.1) is 0 Å². The van der Waals surface area contributed by atoms with Gasteiger partial charge in [0.25, 0.3) is 5.91 Å². The summed E-state index contributed by atoms with van der Waals surface area (Å²) in [6.45, 7) is 1.28. The lowest BCUT2D eigenvalue weighted by molar-refractivity contribution is 0.0730.